The molecule has 0 bridgehead atoms. The molecule has 0 radical (unpaired) electrons. The van der Waals surface area contributed by atoms with Crippen molar-refractivity contribution >= 4 is 17.7 Å². The predicted octanol–water partition coefficient (Wildman–Crippen LogP) is 2.29. The highest BCUT2D eigenvalue weighted by Crippen LogP contribution is 2.27. The summed E-state index contributed by atoms with van der Waals surface area (Å²) in [6.07, 6.45) is 5.96. The van der Waals surface area contributed by atoms with Gasteiger partial charge in [0.1, 0.15) is 5.03 Å². The van der Waals surface area contributed by atoms with Crippen LogP contribution >= 0.6 is 11.8 Å². The molecule has 0 atom stereocenters. The number of nitrogens with one attached hydrogen (secondary N) is 1. The first-order valence-corrected chi connectivity index (χ1v) is 8.75. The van der Waals surface area contributed by atoms with Crippen molar-refractivity contribution in [2.45, 2.75) is 18.4 Å². The fraction of sp³-hybridized carbons (Fsp3) is 0.235. The van der Waals surface area contributed by atoms with Crippen molar-refractivity contribution in [2.24, 2.45) is 0 Å². The number of aryl methyl sites for hydroxylation is 1. The van der Waals surface area contributed by atoms with Crippen molar-refractivity contribution in [3.8, 4) is 11.4 Å². The molecule has 3 aromatic rings. The molecule has 3 aromatic heterocycles. The number of hydrogen-bond acceptors (Lipinski definition) is 7. The van der Waals surface area contributed by atoms with E-state index >= 15 is 0 Å². The molecule has 0 saturated carbocycles. The summed E-state index contributed by atoms with van der Waals surface area (Å²) in [6.45, 7) is 2.31. The third-order valence-electron chi connectivity index (χ3n) is 3.34. The topological polar surface area (TPSA) is 93.8 Å². The molecule has 0 saturated heterocycles. The molecule has 1 N–H and O–H groups in total. The Hall–Kier alpha value is -2.74. The summed E-state index contributed by atoms with van der Waals surface area (Å²) in [5, 5.41) is 7.51. The zero-order valence-corrected chi connectivity index (χ0v) is 14.5. The van der Waals surface area contributed by atoms with Gasteiger partial charge in [0.15, 0.2) is 0 Å². The first-order valence-electron chi connectivity index (χ1n) is 7.76. The predicted molar refractivity (Wildman–Crippen MR) is 93.9 cm³/mol. The number of carbonyl (C=O) groups is 1. The van der Waals surface area contributed by atoms with Gasteiger partial charge in [0.25, 0.3) is 0 Å². The Bertz CT molecular complexity index is 838. The summed E-state index contributed by atoms with van der Waals surface area (Å²) < 4.78 is 5.01. The van der Waals surface area contributed by atoms with E-state index in [0.717, 1.165) is 17.5 Å². The minimum Gasteiger partial charge on any atom is -0.355 e. The van der Waals surface area contributed by atoms with Gasteiger partial charge >= 0.3 is 0 Å². The van der Waals surface area contributed by atoms with Crippen molar-refractivity contribution < 1.29 is 9.32 Å². The lowest BCUT2D eigenvalue weighted by Crippen LogP contribution is -2.27. The molecule has 0 fully saturated rings. The molecule has 0 aliphatic rings. The van der Waals surface area contributed by atoms with Gasteiger partial charge in [-0.2, -0.15) is 4.98 Å². The van der Waals surface area contributed by atoms with Gasteiger partial charge in [0.05, 0.1) is 11.3 Å². The van der Waals surface area contributed by atoms with Crippen LogP contribution in [0.4, 0.5) is 0 Å². The molecule has 3 heterocycles. The van der Waals surface area contributed by atoms with Crippen LogP contribution in [-0.2, 0) is 11.2 Å². The minimum absolute atomic E-state index is 0.0465. The van der Waals surface area contributed by atoms with E-state index in [4.69, 9.17) is 4.52 Å². The summed E-state index contributed by atoms with van der Waals surface area (Å²) in [5.41, 5.74) is 1.85. The average molecular weight is 355 g/mol. The summed E-state index contributed by atoms with van der Waals surface area (Å²) in [5.74, 6) is 1.19. The SMILES string of the molecule is Cc1nc(-c2cccnc2SCC(=O)NCCc2cccnc2)no1. The van der Waals surface area contributed by atoms with E-state index in [2.05, 4.69) is 25.4 Å². The molecule has 0 spiro atoms. The van der Waals surface area contributed by atoms with Gasteiger partial charge in [0, 0.05) is 32.1 Å². The number of hydrogen-bond donors (Lipinski definition) is 1. The number of aromatic nitrogens is 4. The summed E-state index contributed by atoms with van der Waals surface area (Å²) in [4.78, 5) is 24.6. The Balaban J connectivity index is 1.52. The maximum Gasteiger partial charge on any atom is 0.230 e. The summed E-state index contributed by atoms with van der Waals surface area (Å²) in [7, 11) is 0. The maximum absolute atomic E-state index is 12.0. The van der Waals surface area contributed by atoms with Crippen LogP contribution in [0.2, 0.25) is 0 Å². The molecule has 1 amide bonds. The van der Waals surface area contributed by atoms with E-state index in [0.29, 0.717) is 23.3 Å². The Morgan fingerprint density at radius 2 is 2.16 bits per heavy atom. The van der Waals surface area contributed by atoms with Crippen molar-refractivity contribution in [1.82, 2.24) is 25.4 Å². The van der Waals surface area contributed by atoms with E-state index in [1.807, 2.05) is 18.2 Å². The highest BCUT2D eigenvalue weighted by molar-refractivity contribution is 8.00. The van der Waals surface area contributed by atoms with Crippen molar-refractivity contribution in [3.05, 3.63) is 54.3 Å². The van der Waals surface area contributed by atoms with E-state index in [1.54, 1.807) is 31.6 Å². The van der Waals surface area contributed by atoms with Crippen LogP contribution in [0.1, 0.15) is 11.5 Å². The lowest BCUT2D eigenvalue weighted by molar-refractivity contribution is -0.118. The van der Waals surface area contributed by atoms with E-state index in [9.17, 15) is 4.79 Å². The summed E-state index contributed by atoms with van der Waals surface area (Å²) in [6, 6.07) is 7.54. The Kier molecular flexibility index (Phi) is 5.73. The largest absolute Gasteiger partial charge is 0.355 e. The second-order valence-electron chi connectivity index (χ2n) is 5.24. The molecular weight excluding hydrogens is 338 g/mol. The van der Waals surface area contributed by atoms with Crippen LogP contribution in [0, 0.1) is 6.92 Å². The van der Waals surface area contributed by atoms with E-state index < -0.39 is 0 Å². The van der Waals surface area contributed by atoms with Crippen molar-refractivity contribution in [1.29, 1.82) is 0 Å². The van der Waals surface area contributed by atoms with Crippen LogP contribution in [-0.4, -0.2) is 38.3 Å². The molecule has 0 aliphatic heterocycles. The first-order chi connectivity index (χ1) is 12.2. The molecule has 25 heavy (non-hydrogen) atoms. The van der Waals surface area contributed by atoms with E-state index in [1.165, 1.54) is 11.8 Å². The number of nitrogens with zero attached hydrogens (tertiary/aromatic N) is 4. The lowest BCUT2D eigenvalue weighted by Gasteiger charge is -2.06. The first kappa shape index (κ1) is 17.1. The third kappa shape index (κ3) is 4.87. The number of thioether (sulfide) groups is 1. The highest BCUT2D eigenvalue weighted by Gasteiger charge is 2.13. The second kappa shape index (κ2) is 8.39. The standard InChI is InChI=1S/C17H17N5O2S/c1-12-21-16(22-24-12)14-5-3-8-20-17(14)25-11-15(23)19-9-6-13-4-2-7-18-10-13/h2-5,7-8,10H,6,9,11H2,1H3,(H,19,23). The van der Waals surface area contributed by atoms with Crippen LogP contribution in [0.15, 0.2) is 52.4 Å². The van der Waals surface area contributed by atoms with Gasteiger partial charge in [0.2, 0.25) is 17.6 Å². The number of amides is 1. The van der Waals surface area contributed by atoms with Crippen molar-refractivity contribution in [2.75, 3.05) is 12.3 Å². The van der Waals surface area contributed by atoms with Crippen LogP contribution in [0.5, 0.6) is 0 Å². The Morgan fingerprint density at radius 3 is 2.92 bits per heavy atom. The molecule has 0 aliphatic carbocycles. The summed E-state index contributed by atoms with van der Waals surface area (Å²) >= 11 is 1.35. The zero-order valence-electron chi connectivity index (χ0n) is 13.7. The fourth-order valence-electron chi connectivity index (χ4n) is 2.16. The van der Waals surface area contributed by atoms with Crippen LogP contribution in [0.25, 0.3) is 11.4 Å². The van der Waals surface area contributed by atoms with Crippen LogP contribution < -0.4 is 5.32 Å². The number of carbonyl (C=O) groups excluding carboxylic acids is 1. The fourth-order valence-corrected chi connectivity index (χ4v) is 2.98. The molecular formula is C17H17N5O2S. The lowest BCUT2D eigenvalue weighted by atomic mass is 10.2. The Morgan fingerprint density at radius 1 is 1.28 bits per heavy atom. The third-order valence-corrected chi connectivity index (χ3v) is 4.34. The van der Waals surface area contributed by atoms with E-state index in [-0.39, 0.29) is 11.7 Å². The highest BCUT2D eigenvalue weighted by atomic mass is 32.2. The van der Waals surface area contributed by atoms with Gasteiger partial charge in [-0.1, -0.05) is 23.0 Å². The quantitative estimate of drug-likeness (QED) is 0.650. The average Bonchev–Trinajstić information content (AvgIpc) is 3.07. The van der Waals surface area contributed by atoms with Gasteiger partial charge in [-0.25, -0.2) is 4.98 Å². The normalized spacial score (nSPS) is 10.6. The van der Waals surface area contributed by atoms with Crippen molar-refractivity contribution in [3.63, 3.8) is 0 Å². The van der Waals surface area contributed by atoms with Gasteiger partial charge < -0.3 is 9.84 Å². The van der Waals surface area contributed by atoms with Gasteiger partial charge in [-0.3, -0.25) is 9.78 Å². The molecule has 128 valence electrons. The van der Waals surface area contributed by atoms with Crippen LogP contribution in [0.3, 0.4) is 0 Å². The molecule has 3 rings (SSSR count). The molecule has 7 nitrogen and oxygen atoms in total. The number of rotatable bonds is 7. The monoisotopic (exact) mass is 355 g/mol. The smallest absolute Gasteiger partial charge is 0.230 e. The zero-order chi connectivity index (χ0) is 17.5. The second-order valence-corrected chi connectivity index (χ2v) is 6.21. The molecule has 0 aromatic carbocycles. The van der Waals surface area contributed by atoms with Gasteiger partial charge in [-0.15, -0.1) is 0 Å². The van der Waals surface area contributed by atoms with Gasteiger partial charge in [-0.05, 0) is 30.2 Å². The number of pyridine rings is 2. The maximum atomic E-state index is 12.0. The Labute approximate surface area is 149 Å². The molecule has 8 heteroatoms. The molecule has 0 unspecified atom stereocenters. The minimum atomic E-state index is -0.0465.